The maximum Gasteiger partial charge on any atom is 0.225 e. The van der Waals surface area contributed by atoms with Crippen LogP contribution in [0, 0.1) is 5.92 Å². The second kappa shape index (κ2) is 6.08. The fourth-order valence-corrected chi connectivity index (χ4v) is 1.49. The number of halogens is 1. The lowest BCUT2D eigenvalue weighted by Gasteiger charge is -2.09. The van der Waals surface area contributed by atoms with Crippen molar-refractivity contribution in [1.29, 1.82) is 0 Å². The van der Waals surface area contributed by atoms with E-state index in [0.29, 0.717) is 17.8 Å². The highest BCUT2D eigenvalue weighted by Gasteiger charge is 2.07. The van der Waals surface area contributed by atoms with Crippen LogP contribution in [0.3, 0.4) is 0 Å². The summed E-state index contributed by atoms with van der Waals surface area (Å²) < 4.78 is 7.38. The summed E-state index contributed by atoms with van der Waals surface area (Å²) in [5.41, 5.74) is 0. The molecule has 0 radical (unpaired) electrons. The third kappa shape index (κ3) is 3.80. The highest BCUT2D eigenvalue weighted by atomic mass is 35.5. The highest BCUT2D eigenvalue weighted by molar-refractivity contribution is 6.28. The topological polar surface area (TPSA) is 39.9 Å². The molecule has 0 spiro atoms. The van der Waals surface area contributed by atoms with E-state index in [-0.39, 0.29) is 0 Å². The summed E-state index contributed by atoms with van der Waals surface area (Å²) in [6.45, 7) is 8.45. The van der Waals surface area contributed by atoms with E-state index in [9.17, 15) is 0 Å². The molecule has 0 fully saturated rings. The maximum atomic E-state index is 5.90. The van der Waals surface area contributed by atoms with Gasteiger partial charge in [0.25, 0.3) is 0 Å². The van der Waals surface area contributed by atoms with Gasteiger partial charge >= 0.3 is 0 Å². The van der Waals surface area contributed by atoms with Crippen molar-refractivity contribution in [2.75, 3.05) is 13.2 Å². The number of hydrogen-bond donors (Lipinski definition) is 0. The summed E-state index contributed by atoms with van der Waals surface area (Å²) in [4.78, 5) is 0. The zero-order valence-electron chi connectivity index (χ0n) is 9.53. The van der Waals surface area contributed by atoms with E-state index in [1.54, 1.807) is 0 Å². The van der Waals surface area contributed by atoms with E-state index >= 15 is 0 Å². The Hall–Kier alpha value is -0.610. The van der Waals surface area contributed by atoms with Gasteiger partial charge in [-0.05, 0) is 17.5 Å². The second-order valence-electron chi connectivity index (χ2n) is 3.86. The first-order chi connectivity index (χ1) is 7.15. The number of aromatic nitrogens is 3. The van der Waals surface area contributed by atoms with Crippen molar-refractivity contribution >= 4 is 11.6 Å². The molecule has 86 valence electrons. The fraction of sp³-hybridized carbons (Fsp3) is 0.800. The standard InChI is InChI=1S/C10H18ClN3O/c1-4-9-12-13-10(11)14(9)5-6-15-7-8(2)3/h8H,4-7H2,1-3H3. The van der Waals surface area contributed by atoms with E-state index in [1.165, 1.54) is 0 Å². The maximum absolute atomic E-state index is 5.90. The van der Waals surface area contributed by atoms with Crippen LogP contribution in [0.5, 0.6) is 0 Å². The van der Waals surface area contributed by atoms with Gasteiger partial charge in [0.05, 0.1) is 13.2 Å². The molecule has 0 amide bonds. The average Bonchev–Trinajstić information content (AvgIpc) is 2.54. The lowest BCUT2D eigenvalue weighted by atomic mass is 10.2. The van der Waals surface area contributed by atoms with Crippen LogP contribution in [0.1, 0.15) is 26.6 Å². The summed E-state index contributed by atoms with van der Waals surface area (Å²) in [6, 6.07) is 0. The molecule has 0 saturated carbocycles. The van der Waals surface area contributed by atoms with Gasteiger partial charge < -0.3 is 4.74 Å². The van der Waals surface area contributed by atoms with Gasteiger partial charge in [-0.15, -0.1) is 10.2 Å². The molecule has 0 aromatic carbocycles. The molecule has 4 nitrogen and oxygen atoms in total. The average molecular weight is 232 g/mol. The zero-order chi connectivity index (χ0) is 11.3. The molecule has 0 saturated heterocycles. The smallest absolute Gasteiger partial charge is 0.225 e. The van der Waals surface area contributed by atoms with Crippen LogP contribution < -0.4 is 0 Å². The molecule has 1 rings (SSSR count). The van der Waals surface area contributed by atoms with Crippen molar-refractivity contribution in [2.24, 2.45) is 5.92 Å². The lowest BCUT2D eigenvalue weighted by molar-refractivity contribution is 0.103. The van der Waals surface area contributed by atoms with Crippen LogP contribution in [0.2, 0.25) is 5.28 Å². The predicted octanol–water partition coefficient (Wildman–Crippen LogP) is 2.17. The third-order valence-electron chi connectivity index (χ3n) is 2.01. The predicted molar refractivity (Wildman–Crippen MR) is 60.1 cm³/mol. The Morgan fingerprint density at radius 2 is 2.13 bits per heavy atom. The Kier molecular flexibility index (Phi) is 5.05. The number of hydrogen-bond acceptors (Lipinski definition) is 3. The summed E-state index contributed by atoms with van der Waals surface area (Å²) in [5.74, 6) is 1.47. The first-order valence-corrected chi connectivity index (χ1v) is 5.68. The minimum absolute atomic E-state index is 0.444. The molecule has 1 aromatic heterocycles. The van der Waals surface area contributed by atoms with Crippen molar-refractivity contribution in [1.82, 2.24) is 14.8 Å². The number of aryl methyl sites for hydroxylation is 1. The quantitative estimate of drug-likeness (QED) is 0.705. The number of rotatable bonds is 6. The van der Waals surface area contributed by atoms with Gasteiger partial charge in [0.1, 0.15) is 5.82 Å². The van der Waals surface area contributed by atoms with Crippen LogP contribution in [0.25, 0.3) is 0 Å². The first-order valence-electron chi connectivity index (χ1n) is 5.30. The molecule has 0 N–H and O–H groups in total. The second-order valence-corrected chi connectivity index (χ2v) is 4.20. The minimum Gasteiger partial charge on any atom is -0.379 e. The normalized spacial score (nSPS) is 11.3. The fourth-order valence-electron chi connectivity index (χ4n) is 1.27. The lowest BCUT2D eigenvalue weighted by Crippen LogP contribution is -2.11. The van der Waals surface area contributed by atoms with Crippen molar-refractivity contribution in [3.05, 3.63) is 11.1 Å². The Labute approximate surface area is 95.6 Å². The molecular weight excluding hydrogens is 214 g/mol. The van der Waals surface area contributed by atoms with Gasteiger partial charge in [-0.25, -0.2) is 0 Å². The molecule has 0 atom stereocenters. The van der Waals surface area contributed by atoms with Crippen LogP contribution in [-0.2, 0) is 17.7 Å². The summed E-state index contributed by atoms with van der Waals surface area (Å²) in [7, 11) is 0. The van der Waals surface area contributed by atoms with Gasteiger partial charge in [0.2, 0.25) is 5.28 Å². The van der Waals surface area contributed by atoms with Crippen LogP contribution in [-0.4, -0.2) is 28.0 Å². The molecule has 1 heterocycles. The first kappa shape index (κ1) is 12.5. The van der Waals surface area contributed by atoms with E-state index in [1.807, 2.05) is 11.5 Å². The number of ether oxygens (including phenoxy) is 1. The Morgan fingerprint density at radius 3 is 2.73 bits per heavy atom. The van der Waals surface area contributed by atoms with Crippen LogP contribution in [0.4, 0.5) is 0 Å². The molecular formula is C10H18ClN3O. The molecule has 0 aliphatic rings. The zero-order valence-corrected chi connectivity index (χ0v) is 10.3. The number of nitrogens with zero attached hydrogens (tertiary/aromatic N) is 3. The monoisotopic (exact) mass is 231 g/mol. The van der Waals surface area contributed by atoms with Crippen molar-refractivity contribution in [2.45, 2.75) is 33.7 Å². The Balaban J connectivity index is 2.39. The molecule has 15 heavy (non-hydrogen) atoms. The van der Waals surface area contributed by atoms with E-state index in [4.69, 9.17) is 16.3 Å². The summed E-state index contributed by atoms with van der Waals surface area (Å²) >= 11 is 5.90. The Bertz CT molecular complexity index is 299. The molecule has 0 aliphatic heterocycles. The summed E-state index contributed by atoms with van der Waals surface area (Å²) in [5, 5.41) is 8.24. The minimum atomic E-state index is 0.444. The van der Waals surface area contributed by atoms with Gasteiger partial charge in [-0.2, -0.15) is 0 Å². The van der Waals surface area contributed by atoms with Gasteiger partial charge in [-0.1, -0.05) is 20.8 Å². The van der Waals surface area contributed by atoms with Crippen molar-refractivity contribution in [3.8, 4) is 0 Å². The largest absolute Gasteiger partial charge is 0.379 e. The molecule has 1 aromatic rings. The van der Waals surface area contributed by atoms with Gasteiger partial charge in [-0.3, -0.25) is 4.57 Å². The third-order valence-corrected chi connectivity index (χ3v) is 2.29. The van der Waals surface area contributed by atoms with E-state index < -0.39 is 0 Å². The Morgan fingerprint density at radius 1 is 1.40 bits per heavy atom. The van der Waals surface area contributed by atoms with Crippen LogP contribution >= 0.6 is 11.6 Å². The summed E-state index contributed by atoms with van der Waals surface area (Å²) in [6.07, 6.45) is 0.837. The molecule has 0 bridgehead atoms. The van der Waals surface area contributed by atoms with E-state index in [2.05, 4.69) is 24.0 Å². The van der Waals surface area contributed by atoms with Gasteiger partial charge in [0.15, 0.2) is 0 Å². The SMILES string of the molecule is CCc1nnc(Cl)n1CCOCC(C)C. The molecule has 0 aliphatic carbocycles. The van der Waals surface area contributed by atoms with E-state index in [0.717, 1.165) is 25.4 Å². The van der Waals surface area contributed by atoms with Crippen molar-refractivity contribution < 1.29 is 4.74 Å². The molecule has 0 unspecified atom stereocenters. The molecule has 5 heteroatoms. The van der Waals surface area contributed by atoms with Crippen molar-refractivity contribution in [3.63, 3.8) is 0 Å². The highest BCUT2D eigenvalue weighted by Crippen LogP contribution is 2.08. The van der Waals surface area contributed by atoms with Gasteiger partial charge in [0, 0.05) is 13.0 Å². The van der Waals surface area contributed by atoms with Crippen LogP contribution in [0.15, 0.2) is 0 Å².